The Kier molecular flexibility index (Phi) is 4.21. The maximum absolute atomic E-state index is 12.0. The van der Waals surface area contributed by atoms with Gasteiger partial charge in [-0.2, -0.15) is 0 Å². The normalized spacial score (nSPS) is 10.5. The molecule has 0 aromatic carbocycles. The van der Waals surface area contributed by atoms with E-state index in [-0.39, 0.29) is 5.91 Å². The molecule has 0 saturated heterocycles. The third-order valence-corrected chi connectivity index (χ3v) is 3.92. The highest BCUT2D eigenvalue weighted by Crippen LogP contribution is 2.16. The van der Waals surface area contributed by atoms with Gasteiger partial charge in [-0.3, -0.25) is 9.48 Å². The molecule has 0 atom stereocenters. The second kappa shape index (κ2) is 5.88. The molecule has 1 amide bonds. The van der Waals surface area contributed by atoms with Crippen molar-refractivity contribution < 1.29 is 9.53 Å². The number of thiophene rings is 1. The molecule has 0 spiro atoms. The van der Waals surface area contributed by atoms with E-state index >= 15 is 0 Å². The summed E-state index contributed by atoms with van der Waals surface area (Å²) >= 11 is 1.72. The van der Waals surface area contributed by atoms with Crippen LogP contribution in [0.3, 0.4) is 0 Å². The number of nitrogens with zero attached hydrogens (tertiary/aromatic N) is 2. The highest BCUT2D eigenvalue weighted by Gasteiger charge is 2.15. The van der Waals surface area contributed by atoms with Crippen LogP contribution in [0.4, 0.5) is 0 Å². The third kappa shape index (κ3) is 3.14. The molecule has 2 rings (SSSR count). The molecular formula is C13H17N3O2S. The van der Waals surface area contributed by atoms with Crippen molar-refractivity contribution in [1.29, 1.82) is 0 Å². The topological polar surface area (TPSA) is 56.2 Å². The number of rotatable bonds is 5. The summed E-state index contributed by atoms with van der Waals surface area (Å²) < 4.78 is 6.63. The minimum absolute atomic E-state index is 0.154. The van der Waals surface area contributed by atoms with E-state index in [1.807, 2.05) is 0 Å². The summed E-state index contributed by atoms with van der Waals surface area (Å²) in [6, 6.07) is 2.09. The van der Waals surface area contributed by atoms with Crippen LogP contribution in [0.5, 0.6) is 5.88 Å². The van der Waals surface area contributed by atoms with E-state index in [1.54, 1.807) is 29.3 Å². The van der Waals surface area contributed by atoms with E-state index in [2.05, 4.69) is 28.8 Å². The Hall–Kier alpha value is -1.82. The van der Waals surface area contributed by atoms with Crippen molar-refractivity contribution >= 4 is 17.2 Å². The first-order valence-electron chi connectivity index (χ1n) is 6.00. The summed E-state index contributed by atoms with van der Waals surface area (Å²) in [6.45, 7) is 2.69. The molecule has 5 nitrogen and oxygen atoms in total. The Labute approximate surface area is 116 Å². The summed E-state index contributed by atoms with van der Waals surface area (Å²) in [5.41, 5.74) is 1.74. The molecule has 0 saturated carbocycles. The third-order valence-electron chi connectivity index (χ3n) is 2.84. The highest BCUT2D eigenvalue weighted by atomic mass is 32.1. The zero-order valence-electron chi connectivity index (χ0n) is 11.3. The summed E-state index contributed by atoms with van der Waals surface area (Å²) in [6.07, 6.45) is 2.50. The van der Waals surface area contributed by atoms with Gasteiger partial charge in [0.1, 0.15) is 5.56 Å². The fourth-order valence-electron chi connectivity index (χ4n) is 1.82. The number of nitrogens with one attached hydrogen (secondary N) is 1. The van der Waals surface area contributed by atoms with Crippen LogP contribution in [0.2, 0.25) is 0 Å². The molecule has 2 aromatic heterocycles. The Morgan fingerprint density at radius 3 is 3.00 bits per heavy atom. The second-order valence-electron chi connectivity index (χ2n) is 4.26. The van der Waals surface area contributed by atoms with Crippen LogP contribution in [-0.2, 0) is 13.5 Å². The lowest BCUT2D eigenvalue weighted by Gasteiger charge is -2.04. The predicted octanol–water partition coefficient (Wildman–Crippen LogP) is 1.77. The number of aromatic nitrogens is 2. The van der Waals surface area contributed by atoms with Gasteiger partial charge in [0.15, 0.2) is 0 Å². The van der Waals surface area contributed by atoms with Gasteiger partial charge in [0.2, 0.25) is 5.88 Å². The van der Waals surface area contributed by atoms with Crippen LogP contribution in [0.1, 0.15) is 20.8 Å². The molecule has 2 heterocycles. The lowest BCUT2D eigenvalue weighted by molar-refractivity contribution is 0.0951. The number of ether oxygens (including phenoxy) is 1. The summed E-state index contributed by atoms with van der Waals surface area (Å²) in [4.78, 5) is 13.3. The average molecular weight is 279 g/mol. The van der Waals surface area contributed by atoms with E-state index in [9.17, 15) is 4.79 Å². The standard InChI is InChI=1S/C13H17N3O2S/c1-9-5-7-19-11(9)4-6-14-12(17)10-8-16(2)15-13(10)18-3/h5,7-8H,4,6H2,1-3H3,(H,14,17). The Morgan fingerprint density at radius 2 is 2.37 bits per heavy atom. The maximum atomic E-state index is 12.0. The van der Waals surface area contributed by atoms with Crippen molar-refractivity contribution in [3.63, 3.8) is 0 Å². The van der Waals surface area contributed by atoms with Gasteiger partial charge in [-0.05, 0) is 30.4 Å². The first-order chi connectivity index (χ1) is 9.11. The smallest absolute Gasteiger partial charge is 0.258 e. The molecule has 0 fully saturated rings. The van der Waals surface area contributed by atoms with Gasteiger partial charge in [-0.25, -0.2) is 0 Å². The molecule has 0 radical (unpaired) electrons. The SMILES string of the molecule is COc1nn(C)cc1C(=O)NCCc1sccc1C. The largest absolute Gasteiger partial charge is 0.479 e. The lowest BCUT2D eigenvalue weighted by Crippen LogP contribution is -2.25. The van der Waals surface area contributed by atoms with Crippen LogP contribution in [-0.4, -0.2) is 29.3 Å². The van der Waals surface area contributed by atoms with Crippen LogP contribution in [0.15, 0.2) is 17.6 Å². The minimum Gasteiger partial charge on any atom is -0.479 e. The maximum Gasteiger partial charge on any atom is 0.258 e. The quantitative estimate of drug-likeness (QED) is 0.907. The van der Waals surface area contributed by atoms with Crippen molar-refractivity contribution in [2.24, 2.45) is 7.05 Å². The fraction of sp³-hybridized carbons (Fsp3) is 0.385. The van der Waals surface area contributed by atoms with E-state index < -0.39 is 0 Å². The Bertz CT molecular complexity index is 574. The molecule has 1 N–H and O–H groups in total. The highest BCUT2D eigenvalue weighted by molar-refractivity contribution is 7.10. The Morgan fingerprint density at radius 1 is 1.58 bits per heavy atom. The summed E-state index contributed by atoms with van der Waals surface area (Å²) in [5.74, 6) is 0.200. The van der Waals surface area contributed by atoms with Crippen LogP contribution in [0, 0.1) is 6.92 Å². The Balaban J connectivity index is 1.92. The first kappa shape index (κ1) is 13.6. The summed E-state index contributed by atoms with van der Waals surface area (Å²) in [5, 5.41) is 9.01. The molecule has 0 aliphatic heterocycles. The molecule has 0 aliphatic rings. The fourth-order valence-corrected chi connectivity index (χ4v) is 2.73. The number of aryl methyl sites for hydroxylation is 2. The van der Waals surface area contributed by atoms with Crippen LogP contribution < -0.4 is 10.1 Å². The van der Waals surface area contributed by atoms with Gasteiger partial charge >= 0.3 is 0 Å². The molecule has 0 aliphatic carbocycles. The van der Waals surface area contributed by atoms with Crippen LogP contribution >= 0.6 is 11.3 Å². The molecule has 19 heavy (non-hydrogen) atoms. The predicted molar refractivity (Wildman–Crippen MR) is 74.9 cm³/mol. The number of methoxy groups -OCH3 is 1. The van der Waals surface area contributed by atoms with Crippen molar-refractivity contribution in [2.45, 2.75) is 13.3 Å². The van der Waals surface area contributed by atoms with Crippen molar-refractivity contribution in [1.82, 2.24) is 15.1 Å². The van der Waals surface area contributed by atoms with Gasteiger partial charge < -0.3 is 10.1 Å². The molecular weight excluding hydrogens is 262 g/mol. The molecule has 2 aromatic rings. The monoisotopic (exact) mass is 279 g/mol. The van der Waals surface area contributed by atoms with Gasteiger partial charge in [0, 0.05) is 24.7 Å². The van der Waals surface area contributed by atoms with Gasteiger partial charge in [0.25, 0.3) is 5.91 Å². The van der Waals surface area contributed by atoms with Crippen molar-refractivity contribution in [3.8, 4) is 5.88 Å². The minimum atomic E-state index is -0.154. The van der Waals surface area contributed by atoms with Gasteiger partial charge in [0.05, 0.1) is 7.11 Å². The van der Waals surface area contributed by atoms with E-state index in [0.29, 0.717) is 18.0 Å². The number of hydrogen-bond acceptors (Lipinski definition) is 4. The summed E-state index contributed by atoms with van der Waals surface area (Å²) in [7, 11) is 3.27. The number of carbonyl (C=O) groups is 1. The van der Waals surface area contributed by atoms with E-state index in [4.69, 9.17) is 4.74 Å². The number of amides is 1. The zero-order valence-corrected chi connectivity index (χ0v) is 12.1. The lowest BCUT2D eigenvalue weighted by atomic mass is 10.2. The molecule has 0 unspecified atom stereocenters. The average Bonchev–Trinajstić information content (AvgIpc) is 2.95. The van der Waals surface area contributed by atoms with Crippen molar-refractivity contribution in [3.05, 3.63) is 33.6 Å². The molecule has 6 heteroatoms. The molecule has 102 valence electrons. The van der Waals surface area contributed by atoms with Gasteiger partial charge in [-0.15, -0.1) is 16.4 Å². The number of hydrogen-bond donors (Lipinski definition) is 1. The van der Waals surface area contributed by atoms with E-state index in [0.717, 1.165) is 6.42 Å². The van der Waals surface area contributed by atoms with Crippen LogP contribution in [0.25, 0.3) is 0 Å². The number of carbonyl (C=O) groups excluding carboxylic acids is 1. The van der Waals surface area contributed by atoms with E-state index in [1.165, 1.54) is 17.6 Å². The van der Waals surface area contributed by atoms with Gasteiger partial charge in [-0.1, -0.05) is 0 Å². The van der Waals surface area contributed by atoms with Crippen molar-refractivity contribution in [2.75, 3.05) is 13.7 Å². The second-order valence-corrected chi connectivity index (χ2v) is 5.26. The zero-order chi connectivity index (χ0) is 13.8. The first-order valence-corrected chi connectivity index (χ1v) is 6.88. The molecule has 0 bridgehead atoms.